The number of ether oxygens (including phenoxy) is 1. The van der Waals surface area contributed by atoms with Gasteiger partial charge in [0.15, 0.2) is 0 Å². The van der Waals surface area contributed by atoms with E-state index >= 15 is 0 Å². The molecule has 0 saturated carbocycles. The van der Waals surface area contributed by atoms with Crippen LogP contribution in [0, 0.1) is 5.92 Å². The van der Waals surface area contributed by atoms with Crippen LogP contribution < -0.4 is 5.32 Å². The quantitative estimate of drug-likeness (QED) is 0.922. The molecule has 0 radical (unpaired) electrons. The maximum atomic E-state index is 12.2. The summed E-state index contributed by atoms with van der Waals surface area (Å²) in [6, 6.07) is 7.14. The molecule has 1 aromatic carbocycles. The second kappa shape index (κ2) is 7.50. The number of urea groups is 1. The first-order valence-corrected chi connectivity index (χ1v) is 7.46. The minimum Gasteiger partial charge on any atom is -0.381 e. The number of likely N-dealkylation sites (tertiary alicyclic amines) is 1. The van der Waals surface area contributed by atoms with Crippen molar-refractivity contribution in [3.63, 3.8) is 0 Å². The van der Waals surface area contributed by atoms with Crippen LogP contribution in [-0.2, 0) is 4.74 Å². The number of amides is 2. The van der Waals surface area contributed by atoms with Gasteiger partial charge in [-0.2, -0.15) is 0 Å². The summed E-state index contributed by atoms with van der Waals surface area (Å²) in [6.07, 6.45) is 2.15. The molecule has 0 bridgehead atoms. The van der Waals surface area contributed by atoms with Gasteiger partial charge in [-0.25, -0.2) is 4.79 Å². The van der Waals surface area contributed by atoms with Gasteiger partial charge in [-0.15, -0.1) is 0 Å². The van der Waals surface area contributed by atoms with E-state index in [0.29, 0.717) is 10.9 Å². The van der Waals surface area contributed by atoms with E-state index in [0.717, 1.165) is 44.8 Å². The fourth-order valence-corrected chi connectivity index (χ4v) is 2.63. The lowest BCUT2D eigenvalue weighted by Gasteiger charge is -2.32. The lowest BCUT2D eigenvalue weighted by Crippen LogP contribution is -2.43. The summed E-state index contributed by atoms with van der Waals surface area (Å²) >= 11 is 5.91. The van der Waals surface area contributed by atoms with Gasteiger partial charge in [0, 0.05) is 36.3 Å². The van der Waals surface area contributed by atoms with E-state index in [1.165, 1.54) is 0 Å². The molecule has 0 aliphatic carbocycles. The number of nitrogens with one attached hydrogen (secondary N) is 1. The van der Waals surface area contributed by atoms with Crippen LogP contribution >= 0.6 is 11.6 Å². The lowest BCUT2D eigenvalue weighted by atomic mass is 9.99. The third kappa shape index (κ3) is 4.39. The lowest BCUT2D eigenvalue weighted by molar-refractivity contribution is 0.0777. The molecule has 1 heterocycles. The highest BCUT2D eigenvalue weighted by molar-refractivity contribution is 6.30. The second-order valence-corrected chi connectivity index (χ2v) is 5.49. The van der Waals surface area contributed by atoms with Gasteiger partial charge in [0.1, 0.15) is 0 Å². The minimum absolute atomic E-state index is 0.0616. The van der Waals surface area contributed by atoms with Crippen molar-refractivity contribution < 1.29 is 9.53 Å². The number of carbonyl (C=O) groups excluding carboxylic acids is 1. The monoisotopic (exact) mass is 296 g/mol. The fourth-order valence-electron chi connectivity index (χ4n) is 2.44. The molecule has 1 atom stereocenters. The summed E-state index contributed by atoms with van der Waals surface area (Å²) < 4.78 is 5.46. The Labute approximate surface area is 125 Å². The van der Waals surface area contributed by atoms with Gasteiger partial charge in [0.25, 0.3) is 0 Å². The molecule has 2 rings (SSSR count). The van der Waals surface area contributed by atoms with Crippen molar-refractivity contribution in [3.05, 3.63) is 29.3 Å². The van der Waals surface area contributed by atoms with Gasteiger partial charge in [-0.1, -0.05) is 17.7 Å². The Bertz CT molecular complexity index is 453. The molecular weight excluding hydrogens is 276 g/mol. The molecular formula is C15H21ClN2O2. The van der Waals surface area contributed by atoms with Crippen molar-refractivity contribution in [2.24, 2.45) is 5.92 Å². The molecule has 110 valence electrons. The predicted octanol–water partition coefficient (Wildman–Crippen LogP) is 3.62. The zero-order valence-corrected chi connectivity index (χ0v) is 12.5. The van der Waals surface area contributed by atoms with Gasteiger partial charge in [-0.3, -0.25) is 0 Å². The van der Waals surface area contributed by atoms with Crippen LogP contribution in [0.4, 0.5) is 10.5 Å². The summed E-state index contributed by atoms with van der Waals surface area (Å²) in [4.78, 5) is 14.1. The average molecular weight is 297 g/mol. The van der Waals surface area contributed by atoms with Crippen molar-refractivity contribution in [2.45, 2.75) is 19.8 Å². The summed E-state index contributed by atoms with van der Waals surface area (Å²) in [6.45, 7) is 5.01. The van der Waals surface area contributed by atoms with E-state index in [1.54, 1.807) is 12.1 Å². The molecule has 0 aromatic heterocycles. The zero-order valence-electron chi connectivity index (χ0n) is 11.8. The number of carbonyl (C=O) groups is 1. The Morgan fingerprint density at radius 3 is 3.15 bits per heavy atom. The standard InChI is InChI=1S/C15H21ClN2O2/c1-2-20-11-12-5-4-8-18(10-12)15(19)17-14-7-3-6-13(16)9-14/h3,6-7,9,12H,2,4-5,8,10-11H2,1H3,(H,17,19). The topological polar surface area (TPSA) is 41.6 Å². The fraction of sp³-hybridized carbons (Fsp3) is 0.533. The van der Waals surface area contributed by atoms with E-state index in [1.807, 2.05) is 24.0 Å². The summed E-state index contributed by atoms with van der Waals surface area (Å²) in [7, 11) is 0. The van der Waals surface area contributed by atoms with Crippen molar-refractivity contribution in [2.75, 3.05) is 31.6 Å². The summed E-state index contributed by atoms with van der Waals surface area (Å²) in [5.41, 5.74) is 0.731. The second-order valence-electron chi connectivity index (χ2n) is 5.05. The number of piperidine rings is 1. The first-order valence-electron chi connectivity index (χ1n) is 7.08. The SMILES string of the molecule is CCOCC1CCCN(C(=O)Nc2cccc(Cl)c2)C1. The molecule has 1 unspecified atom stereocenters. The third-order valence-electron chi connectivity index (χ3n) is 3.44. The Balaban J connectivity index is 1.88. The van der Waals surface area contributed by atoms with Crippen LogP contribution in [0.15, 0.2) is 24.3 Å². The highest BCUT2D eigenvalue weighted by atomic mass is 35.5. The van der Waals surface area contributed by atoms with Crippen LogP contribution in [0.1, 0.15) is 19.8 Å². The van der Waals surface area contributed by atoms with Crippen molar-refractivity contribution >= 4 is 23.3 Å². The predicted molar refractivity (Wildman–Crippen MR) is 81.3 cm³/mol. The number of hydrogen-bond donors (Lipinski definition) is 1. The molecule has 4 nitrogen and oxygen atoms in total. The summed E-state index contributed by atoms with van der Waals surface area (Å²) in [5, 5.41) is 3.51. The van der Waals surface area contributed by atoms with Gasteiger partial charge < -0.3 is 15.0 Å². The van der Waals surface area contributed by atoms with Crippen LogP contribution in [0.3, 0.4) is 0 Å². The van der Waals surface area contributed by atoms with Crippen molar-refractivity contribution in [1.29, 1.82) is 0 Å². The molecule has 1 N–H and O–H groups in total. The molecule has 5 heteroatoms. The average Bonchev–Trinajstić information content (AvgIpc) is 2.45. The maximum Gasteiger partial charge on any atom is 0.321 e. The molecule has 1 saturated heterocycles. The van der Waals surface area contributed by atoms with E-state index in [9.17, 15) is 4.79 Å². The highest BCUT2D eigenvalue weighted by Crippen LogP contribution is 2.19. The van der Waals surface area contributed by atoms with Crippen LogP contribution in [0.2, 0.25) is 5.02 Å². The van der Waals surface area contributed by atoms with Crippen LogP contribution in [0.25, 0.3) is 0 Å². The van der Waals surface area contributed by atoms with Gasteiger partial charge in [0.2, 0.25) is 0 Å². The molecule has 1 aliphatic heterocycles. The molecule has 2 amide bonds. The third-order valence-corrected chi connectivity index (χ3v) is 3.67. The number of halogens is 1. The smallest absolute Gasteiger partial charge is 0.321 e. The Kier molecular flexibility index (Phi) is 5.68. The Morgan fingerprint density at radius 1 is 1.55 bits per heavy atom. The number of rotatable bonds is 4. The van der Waals surface area contributed by atoms with E-state index < -0.39 is 0 Å². The number of hydrogen-bond acceptors (Lipinski definition) is 2. The first-order chi connectivity index (χ1) is 9.69. The Morgan fingerprint density at radius 2 is 2.40 bits per heavy atom. The molecule has 1 fully saturated rings. The number of anilines is 1. The van der Waals surface area contributed by atoms with Crippen molar-refractivity contribution in [3.8, 4) is 0 Å². The maximum absolute atomic E-state index is 12.2. The van der Waals surface area contributed by atoms with E-state index in [-0.39, 0.29) is 6.03 Å². The number of nitrogens with zero attached hydrogens (tertiary/aromatic N) is 1. The van der Waals surface area contributed by atoms with Crippen LogP contribution in [-0.4, -0.2) is 37.2 Å². The van der Waals surface area contributed by atoms with Gasteiger partial charge >= 0.3 is 6.03 Å². The van der Waals surface area contributed by atoms with E-state index in [2.05, 4.69) is 5.32 Å². The minimum atomic E-state index is -0.0616. The molecule has 1 aliphatic rings. The molecule has 1 aromatic rings. The molecule has 0 spiro atoms. The zero-order chi connectivity index (χ0) is 14.4. The molecule has 20 heavy (non-hydrogen) atoms. The van der Waals surface area contributed by atoms with Crippen molar-refractivity contribution in [1.82, 2.24) is 4.90 Å². The van der Waals surface area contributed by atoms with Gasteiger partial charge in [0.05, 0.1) is 6.61 Å². The van der Waals surface area contributed by atoms with Gasteiger partial charge in [-0.05, 0) is 38.0 Å². The van der Waals surface area contributed by atoms with E-state index in [4.69, 9.17) is 16.3 Å². The normalized spacial score (nSPS) is 18.9. The number of benzene rings is 1. The van der Waals surface area contributed by atoms with Crippen LogP contribution in [0.5, 0.6) is 0 Å². The highest BCUT2D eigenvalue weighted by Gasteiger charge is 2.23. The first kappa shape index (κ1) is 15.1. The summed E-state index contributed by atoms with van der Waals surface area (Å²) in [5.74, 6) is 0.439. The largest absolute Gasteiger partial charge is 0.381 e. The Hall–Kier alpha value is -1.26.